The quantitative estimate of drug-likeness (QED) is 0.899. The van der Waals surface area contributed by atoms with Gasteiger partial charge in [0, 0.05) is 18.8 Å². The number of anilines is 1. The zero-order valence-electron chi connectivity index (χ0n) is 13.4. The Morgan fingerprint density at radius 1 is 1.33 bits per heavy atom. The van der Waals surface area contributed by atoms with E-state index in [0.717, 1.165) is 30.6 Å². The summed E-state index contributed by atoms with van der Waals surface area (Å²) in [6.45, 7) is 9.85. The molecule has 0 saturated carbocycles. The van der Waals surface area contributed by atoms with Crippen LogP contribution in [0.2, 0.25) is 0 Å². The molecule has 1 unspecified atom stereocenters. The van der Waals surface area contributed by atoms with Crippen molar-refractivity contribution in [3.8, 4) is 0 Å². The molecule has 1 aromatic carbocycles. The molecule has 0 radical (unpaired) electrons. The van der Waals surface area contributed by atoms with Crippen molar-refractivity contribution in [1.82, 2.24) is 4.72 Å². The van der Waals surface area contributed by atoms with E-state index in [1.807, 2.05) is 6.07 Å². The first-order valence-electron chi connectivity index (χ1n) is 7.56. The van der Waals surface area contributed by atoms with E-state index in [-0.39, 0.29) is 11.3 Å². The Morgan fingerprint density at radius 2 is 2.05 bits per heavy atom. The van der Waals surface area contributed by atoms with Gasteiger partial charge in [-0.15, -0.1) is 0 Å². The summed E-state index contributed by atoms with van der Waals surface area (Å²) >= 11 is 0. The highest BCUT2D eigenvalue weighted by atomic mass is 32.2. The maximum absolute atomic E-state index is 12.4. The zero-order valence-corrected chi connectivity index (χ0v) is 14.2. The second-order valence-electron chi connectivity index (χ2n) is 6.97. The molecule has 118 valence electrons. The predicted molar refractivity (Wildman–Crippen MR) is 87.1 cm³/mol. The highest BCUT2D eigenvalue weighted by Crippen LogP contribution is 2.26. The zero-order chi connectivity index (χ0) is 15.7. The van der Waals surface area contributed by atoms with Gasteiger partial charge < -0.3 is 5.32 Å². The number of hydrogen-bond donors (Lipinski definition) is 2. The van der Waals surface area contributed by atoms with Crippen LogP contribution in [0.25, 0.3) is 0 Å². The Morgan fingerprint density at radius 3 is 2.71 bits per heavy atom. The minimum atomic E-state index is -3.43. The lowest BCUT2D eigenvalue weighted by Gasteiger charge is -2.27. The van der Waals surface area contributed by atoms with Crippen LogP contribution in [0.4, 0.5) is 5.69 Å². The van der Waals surface area contributed by atoms with Gasteiger partial charge in [-0.25, -0.2) is 13.1 Å². The van der Waals surface area contributed by atoms with Gasteiger partial charge in [0.25, 0.3) is 0 Å². The lowest BCUT2D eigenvalue weighted by atomic mass is 9.82. The minimum absolute atomic E-state index is 0.0856. The fraction of sp³-hybridized carbons (Fsp3) is 0.625. The van der Waals surface area contributed by atoms with E-state index >= 15 is 0 Å². The average molecular weight is 310 g/mol. The number of benzene rings is 1. The van der Waals surface area contributed by atoms with Crippen LogP contribution in [0.15, 0.2) is 23.1 Å². The first-order valence-corrected chi connectivity index (χ1v) is 9.05. The van der Waals surface area contributed by atoms with E-state index in [2.05, 4.69) is 37.7 Å². The molecule has 1 aliphatic heterocycles. The van der Waals surface area contributed by atoms with E-state index in [9.17, 15) is 8.42 Å². The SMILES string of the molecule is CC(CNS(=O)(=O)c1ccc2c(c1)CCCN2)C(C)(C)C. The molecule has 0 fully saturated rings. The predicted octanol–water partition coefficient (Wildman–Crippen LogP) is 3.01. The number of sulfonamides is 1. The van der Waals surface area contributed by atoms with Gasteiger partial charge in [0.2, 0.25) is 10.0 Å². The Kier molecular flexibility index (Phi) is 4.63. The van der Waals surface area contributed by atoms with Crippen LogP contribution in [0, 0.1) is 11.3 Å². The lowest BCUT2D eigenvalue weighted by Crippen LogP contribution is -2.33. The summed E-state index contributed by atoms with van der Waals surface area (Å²) in [6.07, 6.45) is 1.98. The Hall–Kier alpha value is -1.07. The summed E-state index contributed by atoms with van der Waals surface area (Å²) in [6, 6.07) is 5.35. The van der Waals surface area contributed by atoms with E-state index < -0.39 is 10.0 Å². The van der Waals surface area contributed by atoms with Gasteiger partial charge in [-0.1, -0.05) is 27.7 Å². The molecular formula is C16H26N2O2S. The highest BCUT2D eigenvalue weighted by molar-refractivity contribution is 7.89. The molecule has 0 amide bonds. The second-order valence-corrected chi connectivity index (χ2v) is 8.74. The number of hydrogen-bond acceptors (Lipinski definition) is 3. The van der Waals surface area contributed by atoms with Crippen LogP contribution in [-0.2, 0) is 16.4 Å². The van der Waals surface area contributed by atoms with Crippen molar-refractivity contribution in [2.75, 3.05) is 18.4 Å². The van der Waals surface area contributed by atoms with E-state index in [1.165, 1.54) is 0 Å². The molecule has 21 heavy (non-hydrogen) atoms. The van der Waals surface area contributed by atoms with Gasteiger partial charge in [-0.2, -0.15) is 0 Å². The van der Waals surface area contributed by atoms with Crippen molar-refractivity contribution in [3.05, 3.63) is 23.8 Å². The van der Waals surface area contributed by atoms with Crippen molar-refractivity contribution in [2.45, 2.75) is 45.4 Å². The van der Waals surface area contributed by atoms with Gasteiger partial charge in [0.05, 0.1) is 4.90 Å². The van der Waals surface area contributed by atoms with E-state index in [4.69, 9.17) is 0 Å². The van der Waals surface area contributed by atoms with Crippen LogP contribution in [0.5, 0.6) is 0 Å². The van der Waals surface area contributed by atoms with E-state index in [0.29, 0.717) is 11.4 Å². The van der Waals surface area contributed by atoms with Crippen LogP contribution < -0.4 is 10.0 Å². The monoisotopic (exact) mass is 310 g/mol. The summed E-state index contributed by atoms with van der Waals surface area (Å²) in [5, 5.41) is 3.30. The number of nitrogens with one attached hydrogen (secondary N) is 2. The minimum Gasteiger partial charge on any atom is -0.385 e. The van der Waals surface area contributed by atoms with Gasteiger partial charge in [0.1, 0.15) is 0 Å². The van der Waals surface area contributed by atoms with Crippen molar-refractivity contribution in [1.29, 1.82) is 0 Å². The van der Waals surface area contributed by atoms with Gasteiger partial charge in [-0.05, 0) is 47.9 Å². The van der Waals surface area contributed by atoms with Crippen molar-refractivity contribution < 1.29 is 8.42 Å². The standard InChI is InChI=1S/C16H26N2O2S/c1-12(16(2,3)4)11-18-21(19,20)14-7-8-15-13(10-14)6-5-9-17-15/h7-8,10,12,17-18H,5-6,9,11H2,1-4H3. The number of fused-ring (bicyclic) bond motifs is 1. The van der Waals surface area contributed by atoms with Crippen LogP contribution >= 0.6 is 0 Å². The Bertz CT molecular complexity index is 603. The molecule has 0 aliphatic carbocycles. The largest absolute Gasteiger partial charge is 0.385 e. The molecule has 1 atom stereocenters. The maximum Gasteiger partial charge on any atom is 0.240 e. The molecule has 0 spiro atoms. The molecule has 2 N–H and O–H groups in total. The smallest absolute Gasteiger partial charge is 0.240 e. The molecule has 2 rings (SSSR count). The number of rotatable bonds is 4. The summed E-state index contributed by atoms with van der Waals surface area (Å²) < 4.78 is 27.6. The highest BCUT2D eigenvalue weighted by Gasteiger charge is 2.23. The molecule has 0 aromatic heterocycles. The third kappa shape index (κ3) is 3.98. The summed E-state index contributed by atoms with van der Waals surface area (Å²) in [4.78, 5) is 0.367. The first kappa shape index (κ1) is 16.3. The molecule has 0 bridgehead atoms. The topological polar surface area (TPSA) is 58.2 Å². The van der Waals surface area contributed by atoms with Crippen molar-refractivity contribution in [2.24, 2.45) is 11.3 Å². The van der Waals surface area contributed by atoms with Crippen LogP contribution in [0.3, 0.4) is 0 Å². The molecule has 4 nitrogen and oxygen atoms in total. The lowest BCUT2D eigenvalue weighted by molar-refractivity contribution is 0.263. The molecular weight excluding hydrogens is 284 g/mol. The summed E-state index contributed by atoms with van der Waals surface area (Å²) in [5.41, 5.74) is 2.23. The van der Waals surface area contributed by atoms with Crippen molar-refractivity contribution >= 4 is 15.7 Å². The fourth-order valence-electron chi connectivity index (χ4n) is 2.24. The average Bonchev–Trinajstić information content (AvgIpc) is 2.43. The fourth-order valence-corrected chi connectivity index (χ4v) is 3.42. The molecule has 1 aromatic rings. The third-order valence-electron chi connectivity index (χ3n) is 4.38. The van der Waals surface area contributed by atoms with Gasteiger partial charge in [0.15, 0.2) is 0 Å². The van der Waals surface area contributed by atoms with Crippen molar-refractivity contribution in [3.63, 3.8) is 0 Å². The van der Waals surface area contributed by atoms with Gasteiger partial charge >= 0.3 is 0 Å². The maximum atomic E-state index is 12.4. The third-order valence-corrected chi connectivity index (χ3v) is 5.80. The summed E-state index contributed by atoms with van der Waals surface area (Å²) in [7, 11) is -3.43. The first-order chi connectivity index (χ1) is 9.70. The number of aryl methyl sites for hydroxylation is 1. The molecule has 5 heteroatoms. The summed E-state index contributed by atoms with van der Waals surface area (Å²) in [5.74, 6) is 0.270. The molecule has 1 heterocycles. The van der Waals surface area contributed by atoms with Crippen LogP contribution in [0.1, 0.15) is 39.7 Å². The van der Waals surface area contributed by atoms with E-state index in [1.54, 1.807) is 12.1 Å². The second kappa shape index (κ2) is 5.97. The van der Waals surface area contributed by atoms with Crippen LogP contribution in [-0.4, -0.2) is 21.5 Å². The van der Waals surface area contributed by atoms with Gasteiger partial charge in [-0.3, -0.25) is 0 Å². The Labute approximate surface area is 128 Å². The molecule has 0 saturated heterocycles. The molecule has 1 aliphatic rings. The normalized spacial score (nSPS) is 17.0. The Balaban J connectivity index is 2.13.